The SMILES string of the molecule is CCc1sc2ncc(N)n2c1-c1cc(OC)ccc1OC. The summed E-state index contributed by atoms with van der Waals surface area (Å²) >= 11 is 1.65. The molecular weight excluding hydrogens is 286 g/mol. The van der Waals surface area contributed by atoms with Crippen molar-refractivity contribution in [2.24, 2.45) is 0 Å². The van der Waals surface area contributed by atoms with Gasteiger partial charge in [0.15, 0.2) is 4.96 Å². The number of fused-ring (bicyclic) bond motifs is 1. The molecule has 1 aromatic carbocycles. The van der Waals surface area contributed by atoms with E-state index < -0.39 is 0 Å². The van der Waals surface area contributed by atoms with Gasteiger partial charge in [-0.15, -0.1) is 11.3 Å². The molecule has 0 fully saturated rings. The highest BCUT2D eigenvalue weighted by atomic mass is 32.1. The van der Waals surface area contributed by atoms with Crippen LogP contribution in [-0.2, 0) is 6.42 Å². The van der Waals surface area contributed by atoms with Gasteiger partial charge < -0.3 is 15.2 Å². The van der Waals surface area contributed by atoms with E-state index in [0.717, 1.165) is 34.1 Å². The lowest BCUT2D eigenvalue weighted by atomic mass is 10.1. The Balaban J connectivity index is 2.35. The van der Waals surface area contributed by atoms with Crippen molar-refractivity contribution in [3.05, 3.63) is 29.3 Å². The van der Waals surface area contributed by atoms with E-state index in [1.165, 1.54) is 4.88 Å². The summed E-state index contributed by atoms with van der Waals surface area (Å²) in [6.07, 6.45) is 2.59. The molecule has 0 amide bonds. The van der Waals surface area contributed by atoms with Crippen molar-refractivity contribution in [2.75, 3.05) is 20.0 Å². The van der Waals surface area contributed by atoms with E-state index in [1.807, 2.05) is 22.6 Å². The minimum atomic E-state index is 0.626. The van der Waals surface area contributed by atoms with E-state index in [2.05, 4.69) is 11.9 Å². The molecular formula is C15H17N3O2S. The van der Waals surface area contributed by atoms with Gasteiger partial charge in [0.05, 0.1) is 26.1 Å². The molecule has 3 aromatic rings. The first-order chi connectivity index (χ1) is 10.2. The molecule has 5 nitrogen and oxygen atoms in total. The largest absolute Gasteiger partial charge is 0.497 e. The van der Waals surface area contributed by atoms with Crippen LogP contribution in [0.3, 0.4) is 0 Å². The van der Waals surface area contributed by atoms with Crippen LogP contribution in [0.1, 0.15) is 11.8 Å². The van der Waals surface area contributed by atoms with Gasteiger partial charge in [-0.05, 0) is 24.6 Å². The predicted octanol–water partition coefficient (Wildman–Crippen LogP) is 3.22. The Hall–Kier alpha value is -2.21. The summed E-state index contributed by atoms with van der Waals surface area (Å²) in [5.74, 6) is 2.20. The van der Waals surface area contributed by atoms with Crippen LogP contribution in [0.4, 0.5) is 5.82 Å². The van der Waals surface area contributed by atoms with Gasteiger partial charge >= 0.3 is 0 Å². The molecule has 0 radical (unpaired) electrons. The van der Waals surface area contributed by atoms with Gasteiger partial charge in [0.25, 0.3) is 0 Å². The molecule has 0 saturated carbocycles. The van der Waals surface area contributed by atoms with Crippen LogP contribution >= 0.6 is 11.3 Å². The average molecular weight is 303 g/mol. The van der Waals surface area contributed by atoms with Crippen LogP contribution in [0.25, 0.3) is 16.2 Å². The van der Waals surface area contributed by atoms with Gasteiger partial charge in [-0.1, -0.05) is 6.92 Å². The van der Waals surface area contributed by atoms with E-state index in [0.29, 0.717) is 5.82 Å². The minimum absolute atomic E-state index is 0.626. The Morgan fingerprint density at radius 1 is 1.29 bits per heavy atom. The lowest BCUT2D eigenvalue weighted by Crippen LogP contribution is -1.98. The Labute approximate surface area is 126 Å². The lowest BCUT2D eigenvalue weighted by molar-refractivity contribution is 0.404. The number of aryl methyl sites for hydroxylation is 1. The quantitative estimate of drug-likeness (QED) is 0.804. The van der Waals surface area contributed by atoms with Gasteiger partial charge in [-0.3, -0.25) is 4.40 Å². The fraction of sp³-hybridized carbons (Fsp3) is 0.267. The number of hydrogen-bond donors (Lipinski definition) is 1. The van der Waals surface area contributed by atoms with Crippen LogP contribution < -0.4 is 15.2 Å². The monoisotopic (exact) mass is 303 g/mol. The molecule has 2 heterocycles. The number of hydrogen-bond acceptors (Lipinski definition) is 5. The van der Waals surface area contributed by atoms with Crippen molar-refractivity contribution >= 4 is 22.1 Å². The van der Waals surface area contributed by atoms with Crippen LogP contribution in [0, 0.1) is 0 Å². The van der Waals surface area contributed by atoms with Crippen molar-refractivity contribution in [3.63, 3.8) is 0 Å². The summed E-state index contributed by atoms with van der Waals surface area (Å²) < 4.78 is 12.8. The molecule has 3 rings (SSSR count). The number of ether oxygens (including phenoxy) is 2. The standard InChI is InChI=1S/C15H17N3O2S/c1-4-12-14(18-13(16)8-17-15(18)21-12)10-7-9(19-2)5-6-11(10)20-3/h5-8H,4,16H2,1-3H3. The van der Waals surface area contributed by atoms with Crippen LogP contribution in [0.15, 0.2) is 24.4 Å². The van der Waals surface area contributed by atoms with E-state index in [9.17, 15) is 0 Å². The fourth-order valence-corrected chi connectivity index (χ4v) is 3.49. The maximum atomic E-state index is 6.08. The third-order valence-electron chi connectivity index (χ3n) is 3.44. The highest BCUT2D eigenvalue weighted by molar-refractivity contribution is 7.17. The summed E-state index contributed by atoms with van der Waals surface area (Å²) in [7, 11) is 3.32. The Kier molecular flexibility index (Phi) is 3.47. The van der Waals surface area contributed by atoms with Crippen LogP contribution in [-0.4, -0.2) is 23.6 Å². The van der Waals surface area contributed by atoms with Crippen molar-refractivity contribution in [2.45, 2.75) is 13.3 Å². The summed E-state index contributed by atoms with van der Waals surface area (Å²) in [5, 5.41) is 0. The van der Waals surface area contributed by atoms with Gasteiger partial charge in [-0.25, -0.2) is 4.98 Å². The number of thiazole rings is 1. The second-order valence-electron chi connectivity index (χ2n) is 4.59. The fourth-order valence-electron chi connectivity index (χ4n) is 2.44. The molecule has 110 valence electrons. The summed E-state index contributed by atoms with van der Waals surface area (Å²) in [6.45, 7) is 2.12. The molecule has 2 aromatic heterocycles. The van der Waals surface area contributed by atoms with Crippen molar-refractivity contribution < 1.29 is 9.47 Å². The minimum Gasteiger partial charge on any atom is -0.497 e. The predicted molar refractivity (Wildman–Crippen MR) is 85.4 cm³/mol. The molecule has 6 heteroatoms. The first kappa shape index (κ1) is 13.8. The zero-order valence-electron chi connectivity index (χ0n) is 12.2. The molecule has 0 unspecified atom stereocenters. The molecule has 0 atom stereocenters. The van der Waals surface area contributed by atoms with E-state index >= 15 is 0 Å². The topological polar surface area (TPSA) is 61.8 Å². The number of anilines is 1. The maximum absolute atomic E-state index is 6.08. The first-order valence-corrected chi connectivity index (χ1v) is 7.48. The second-order valence-corrected chi connectivity index (χ2v) is 5.66. The van der Waals surface area contributed by atoms with E-state index in [1.54, 1.807) is 31.8 Å². The van der Waals surface area contributed by atoms with Crippen molar-refractivity contribution in [1.82, 2.24) is 9.38 Å². The Morgan fingerprint density at radius 2 is 2.10 bits per heavy atom. The van der Waals surface area contributed by atoms with Crippen molar-refractivity contribution in [1.29, 1.82) is 0 Å². The molecule has 0 spiro atoms. The zero-order valence-corrected chi connectivity index (χ0v) is 13.0. The smallest absolute Gasteiger partial charge is 0.196 e. The number of methoxy groups -OCH3 is 2. The highest BCUT2D eigenvalue weighted by Gasteiger charge is 2.19. The molecule has 0 aliphatic carbocycles. The first-order valence-electron chi connectivity index (χ1n) is 6.66. The van der Waals surface area contributed by atoms with Gasteiger partial charge in [0.1, 0.15) is 17.3 Å². The lowest BCUT2D eigenvalue weighted by Gasteiger charge is -2.12. The van der Waals surface area contributed by atoms with Gasteiger partial charge in [0.2, 0.25) is 0 Å². The molecule has 0 aliphatic heterocycles. The molecule has 2 N–H and O–H groups in total. The second kappa shape index (κ2) is 5.29. The third-order valence-corrected chi connectivity index (χ3v) is 4.64. The number of benzene rings is 1. The number of nitrogens with two attached hydrogens (primary N) is 1. The number of nitrogens with zero attached hydrogens (tertiary/aromatic N) is 2. The molecule has 0 bridgehead atoms. The zero-order chi connectivity index (χ0) is 15.0. The summed E-state index contributed by atoms with van der Waals surface area (Å²) in [5.41, 5.74) is 8.07. The number of aromatic nitrogens is 2. The normalized spacial score (nSPS) is 11.0. The van der Waals surface area contributed by atoms with Crippen molar-refractivity contribution in [3.8, 4) is 22.8 Å². The third kappa shape index (κ3) is 2.12. The van der Waals surface area contributed by atoms with Crippen LogP contribution in [0.5, 0.6) is 11.5 Å². The van der Waals surface area contributed by atoms with Crippen LogP contribution in [0.2, 0.25) is 0 Å². The Bertz CT molecular complexity index is 792. The number of imidazole rings is 1. The maximum Gasteiger partial charge on any atom is 0.196 e. The van der Waals surface area contributed by atoms with Gasteiger partial charge in [0, 0.05) is 10.4 Å². The van der Waals surface area contributed by atoms with Gasteiger partial charge in [-0.2, -0.15) is 0 Å². The van der Waals surface area contributed by atoms with E-state index in [-0.39, 0.29) is 0 Å². The number of rotatable bonds is 4. The van der Waals surface area contributed by atoms with E-state index in [4.69, 9.17) is 15.2 Å². The molecule has 21 heavy (non-hydrogen) atoms. The number of nitrogen functional groups attached to an aromatic ring is 1. The molecule has 0 saturated heterocycles. The summed E-state index contributed by atoms with van der Waals surface area (Å²) in [6, 6.07) is 5.76. The Morgan fingerprint density at radius 3 is 2.76 bits per heavy atom. The average Bonchev–Trinajstić information content (AvgIpc) is 3.06. The summed E-state index contributed by atoms with van der Waals surface area (Å²) in [4.78, 5) is 6.47. The molecule has 0 aliphatic rings. The highest BCUT2D eigenvalue weighted by Crippen LogP contribution is 2.40.